The molecular weight excluding hydrogens is 239 g/mol. The summed E-state index contributed by atoms with van der Waals surface area (Å²) in [6.07, 6.45) is 2.48. The van der Waals surface area contributed by atoms with Crippen molar-refractivity contribution in [3.63, 3.8) is 0 Å². The highest BCUT2D eigenvalue weighted by Crippen LogP contribution is 2.37. The average Bonchev–Trinajstić information content (AvgIpc) is 2.48. The van der Waals surface area contributed by atoms with E-state index < -0.39 is 18.3 Å². The molecule has 1 aromatic rings. The minimum atomic E-state index is -0.541. The molecule has 19 heavy (non-hydrogen) atoms. The number of rotatable bonds is 3. The molecule has 0 bridgehead atoms. The third-order valence-corrected chi connectivity index (χ3v) is 4.03. The van der Waals surface area contributed by atoms with Crippen LogP contribution in [0.5, 0.6) is 5.75 Å². The van der Waals surface area contributed by atoms with E-state index in [1.54, 1.807) is 6.07 Å². The third kappa shape index (κ3) is 2.43. The van der Waals surface area contributed by atoms with Gasteiger partial charge in [0.25, 0.3) is 0 Å². The average molecular weight is 260 g/mol. The fraction of sp³-hybridized carbons (Fsp3) is 0.467. The predicted molar refractivity (Wildman–Crippen MR) is 77.7 cm³/mol. The molecule has 1 heterocycles. The zero-order valence-electron chi connectivity index (χ0n) is 12.1. The Balaban J connectivity index is 2.41. The first kappa shape index (κ1) is 14.2. The number of aromatic hydroxyl groups is 1. The zero-order chi connectivity index (χ0) is 14.3. The van der Waals surface area contributed by atoms with Gasteiger partial charge < -0.3 is 14.4 Å². The Morgan fingerprint density at radius 2 is 1.79 bits per heavy atom. The van der Waals surface area contributed by atoms with Crippen LogP contribution in [0.15, 0.2) is 30.9 Å². The number of benzene rings is 1. The standard InChI is InChI=1S/C15H21BO3/c1-6-8-11-9-7-10-12(17)13(11)16-18-14(2,3)15(4,5)19-16/h6-7,9-10,17H,1,8H2,2-5H3. The highest BCUT2D eigenvalue weighted by molar-refractivity contribution is 6.63. The number of allylic oxidation sites excluding steroid dienone is 1. The topological polar surface area (TPSA) is 38.7 Å². The molecule has 0 saturated carbocycles. The van der Waals surface area contributed by atoms with Gasteiger partial charge in [-0.3, -0.25) is 0 Å². The molecular formula is C15H21BO3. The Morgan fingerprint density at radius 3 is 2.32 bits per heavy atom. The summed E-state index contributed by atoms with van der Waals surface area (Å²) >= 11 is 0. The summed E-state index contributed by atoms with van der Waals surface area (Å²) in [5, 5.41) is 10.1. The lowest BCUT2D eigenvalue weighted by atomic mass is 9.74. The lowest BCUT2D eigenvalue weighted by Gasteiger charge is -2.32. The van der Waals surface area contributed by atoms with Gasteiger partial charge in [0, 0.05) is 5.46 Å². The molecule has 1 aliphatic heterocycles. The van der Waals surface area contributed by atoms with Gasteiger partial charge >= 0.3 is 7.12 Å². The van der Waals surface area contributed by atoms with Crippen molar-refractivity contribution in [3.8, 4) is 5.75 Å². The Kier molecular flexibility index (Phi) is 3.50. The molecule has 1 fully saturated rings. The number of hydrogen-bond donors (Lipinski definition) is 1. The first-order valence-electron chi connectivity index (χ1n) is 6.56. The lowest BCUT2D eigenvalue weighted by Crippen LogP contribution is -2.41. The van der Waals surface area contributed by atoms with Crippen LogP contribution in [0.4, 0.5) is 0 Å². The van der Waals surface area contributed by atoms with Crippen molar-refractivity contribution < 1.29 is 14.4 Å². The van der Waals surface area contributed by atoms with Gasteiger partial charge in [-0.05, 0) is 45.7 Å². The Morgan fingerprint density at radius 1 is 1.21 bits per heavy atom. The van der Waals surface area contributed by atoms with Gasteiger partial charge in [0.05, 0.1) is 11.2 Å². The molecule has 2 rings (SSSR count). The smallest absolute Gasteiger partial charge is 0.498 e. The molecule has 0 spiro atoms. The van der Waals surface area contributed by atoms with E-state index in [2.05, 4.69) is 6.58 Å². The summed E-state index contributed by atoms with van der Waals surface area (Å²) in [6.45, 7) is 11.7. The minimum absolute atomic E-state index is 0.206. The van der Waals surface area contributed by atoms with Crippen LogP contribution in [-0.4, -0.2) is 23.4 Å². The van der Waals surface area contributed by atoms with Crippen molar-refractivity contribution in [1.82, 2.24) is 0 Å². The maximum Gasteiger partial charge on any atom is 0.498 e. The van der Waals surface area contributed by atoms with E-state index in [0.717, 1.165) is 5.56 Å². The second-order valence-electron chi connectivity index (χ2n) is 5.93. The van der Waals surface area contributed by atoms with E-state index in [0.29, 0.717) is 11.9 Å². The molecule has 0 aromatic heterocycles. The second-order valence-corrected chi connectivity index (χ2v) is 5.93. The van der Waals surface area contributed by atoms with Crippen molar-refractivity contribution >= 4 is 12.6 Å². The molecule has 1 saturated heterocycles. The van der Waals surface area contributed by atoms with Gasteiger partial charge in [0.1, 0.15) is 5.75 Å². The first-order chi connectivity index (χ1) is 8.78. The Labute approximate surface area is 115 Å². The maximum absolute atomic E-state index is 10.1. The van der Waals surface area contributed by atoms with Gasteiger partial charge in [0.2, 0.25) is 0 Å². The summed E-state index contributed by atoms with van der Waals surface area (Å²) < 4.78 is 12.0. The largest absolute Gasteiger partial charge is 0.508 e. The molecule has 0 amide bonds. The summed E-state index contributed by atoms with van der Waals surface area (Å²) in [5.74, 6) is 0.206. The van der Waals surface area contributed by atoms with E-state index in [9.17, 15) is 5.11 Å². The summed E-state index contributed by atoms with van der Waals surface area (Å²) in [7, 11) is -0.541. The number of hydrogen-bond acceptors (Lipinski definition) is 3. The predicted octanol–water partition coefficient (Wildman–Crippen LogP) is 2.42. The van der Waals surface area contributed by atoms with E-state index in [4.69, 9.17) is 9.31 Å². The summed E-state index contributed by atoms with van der Waals surface area (Å²) in [5.41, 5.74) is 0.867. The summed E-state index contributed by atoms with van der Waals surface area (Å²) in [6, 6.07) is 5.44. The fourth-order valence-electron chi connectivity index (χ4n) is 2.17. The molecule has 1 aromatic carbocycles. The van der Waals surface area contributed by atoms with Crippen LogP contribution < -0.4 is 5.46 Å². The molecule has 1 N–H and O–H groups in total. The minimum Gasteiger partial charge on any atom is -0.508 e. The summed E-state index contributed by atoms with van der Waals surface area (Å²) in [4.78, 5) is 0. The molecule has 0 unspecified atom stereocenters. The van der Waals surface area contributed by atoms with Gasteiger partial charge in [-0.1, -0.05) is 18.2 Å². The van der Waals surface area contributed by atoms with Crippen LogP contribution in [0.2, 0.25) is 0 Å². The van der Waals surface area contributed by atoms with Gasteiger partial charge in [-0.25, -0.2) is 0 Å². The highest BCUT2D eigenvalue weighted by atomic mass is 16.7. The van der Waals surface area contributed by atoms with Gasteiger partial charge in [-0.2, -0.15) is 0 Å². The van der Waals surface area contributed by atoms with Crippen LogP contribution in [0, 0.1) is 0 Å². The monoisotopic (exact) mass is 260 g/mol. The van der Waals surface area contributed by atoms with E-state index in [1.165, 1.54) is 0 Å². The van der Waals surface area contributed by atoms with E-state index >= 15 is 0 Å². The lowest BCUT2D eigenvalue weighted by molar-refractivity contribution is 0.00578. The van der Waals surface area contributed by atoms with Crippen LogP contribution in [0.25, 0.3) is 0 Å². The quantitative estimate of drug-likeness (QED) is 0.670. The van der Waals surface area contributed by atoms with Crippen molar-refractivity contribution in [2.75, 3.05) is 0 Å². The second kappa shape index (κ2) is 4.69. The Bertz CT molecular complexity index is 478. The normalized spacial score (nSPS) is 20.5. The molecule has 102 valence electrons. The van der Waals surface area contributed by atoms with Crippen LogP contribution in [-0.2, 0) is 15.7 Å². The molecule has 0 radical (unpaired) electrons. The van der Waals surface area contributed by atoms with Crippen molar-refractivity contribution in [2.24, 2.45) is 0 Å². The van der Waals surface area contributed by atoms with Crippen molar-refractivity contribution in [2.45, 2.75) is 45.3 Å². The Hall–Kier alpha value is -1.26. The van der Waals surface area contributed by atoms with Crippen LogP contribution >= 0.6 is 0 Å². The fourth-order valence-corrected chi connectivity index (χ4v) is 2.17. The molecule has 4 heteroatoms. The van der Waals surface area contributed by atoms with Gasteiger partial charge in [-0.15, -0.1) is 6.58 Å². The van der Waals surface area contributed by atoms with E-state index in [-0.39, 0.29) is 5.75 Å². The molecule has 0 aliphatic carbocycles. The van der Waals surface area contributed by atoms with Gasteiger partial charge in [0.15, 0.2) is 0 Å². The molecule has 1 aliphatic rings. The number of phenols is 1. The number of phenolic OH excluding ortho intramolecular Hbond substituents is 1. The van der Waals surface area contributed by atoms with Crippen LogP contribution in [0.3, 0.4) is 0 Å². The SMILES string of the molecule is C=CCc1cccc(O)c1B1OC(C)(C)C(C)(C)O1. The third-order valence-electron chi connectivity index (χ3n) is 4.03. The molecule has 3 nitrogen and oxygen atoms in total. The van der Waals surface area contributed by atoms with Crippen LogP contribution in [0.1, 0.15) is 33.3 Å². The highest BCUT2D eigenvalue weighted by Gasteiger charge is 2.52. The van der Waals surface area contributed by atoms with Crippen molar-refractivity contribution in [3.05, 3.63) is 36.4 Å². The zero-order valence-corrected chi connectivity index (χ0v) is 12.1. The maximum atomic E-state index is 10.1. The van der Waals surface area contributed by atoms with Crippen molar-refractivity contribution in [1.29, 1.82) is 0 Å². The first-order valence-corrected chi connectivity index (χ1v) is 6.56. The van der Waals surface area contributed by atoms with E-state index in [1.807, 2.05) is 45.9 Å². The molecule has 0 atom stereocenters.